The predicted octanol–water partition coefficient (Wildman–Crippen LogP) is 15.8. The molecule has 5 aromatic carbocycles. The molecule has 0 aliphatic rings. The van der Waals surface area contributed by atoms with Gasteiger partial charge in [-0.05, 0) is 107 Å². The Kier molecular flexibility index (Phi) is 14.4. The van der Waals surface area contributed by atoms with E-state index in [9.17, 15) is 0 Å². The largest absolute Gasteiger partial charge is 0.483 e. The molecule has 0 fully saturated rings. The summed E-state index contributed by atoms with van der Waals surface area (Å²) in [6, 6.07) is 50.5. The van der Waals surface area contributed by atoms with Crippen molar-refractivity contribution in [1.29, 1.82) is 0 Å². The molecule has 0 aliphatic carbocycles. The van der Waals surface area contributed by atoms with Gasteiger partial charge in [-0.25, -0.2) is 0 Å². The number of pyridine rings is 3. The molecule has 0 atom stereocenters. The number of imidazole rings is 1. The number of benzene rings is 5. The maximum atomic E-state index is 6.19. The third-order valence-electron chi connectivity index (χ3n) is 13.0. The van der Waals surface area contributed by atoms with E-state index >= 15 is 0 Å². The van der Waals surface area contributed by atoms with Crippen LogP contribution in [0.15, 0.2) is 144 Å². The molecule has 0 spiro atoms. The molecule has 10 aromatic rings. The minimum Gasteiger partial charge on any atom is -0.483 e. The van der Waals surface area contributed by atoms with Crippen molar-refractivity contribution in [3.63, 3.8) is 0 Å². The van der Waals surface area contributed by atoms with Crippen LogP contribution < -0.4 is 5.19 Å². The molecule has 10 rings (SSSR count). The van der Waals surface area contributed by atoms with Crippen LogP contribution in [-0.2, 0) is 31.9 Å². The van der Waals surface area contributed by atoms with E-state index in [4.69, 9.17) is 19.4 Å². The van der Waals surface area contributed by atoms with Gasteiger partial charge in [0.15, 0.2) is 0 Å². The zero-order valence-corrected chi connectivity index (χ0v) is 46.0. The zero-order valence-electron chi connectivity index (χ0n) is 42.6. The Balaban J connectivity index is 0.000000210. The fraction of sp³-hybridized carbons (Fsp3) is 0.258. The van der Waals surface area contributed by atoms with Gasteiger partial charge in [-0.1, -0.05) is 164 Å². The Hall–Kier alpha value is -6.31. The van der Waals surface area contributed by atoms with Gasteiger partial charge in [0, 0.05) is 48.6 Å². The smallest absolute Gasteiger partial charge is 0.141 e. The molecule has 0 amide bonds. The van der Waals surface area contributed by atoms with Crippen molar-refractivity contribution in [2.24, 2.45) is 5.92 Å². The number of hydrogen-bond donors (Lipinski definition) is 0. The van der Waals surface area contributed by atoms with Gasteiger partial charge < -0.3 is 19.0 Å². The Morgan fingerprint density at radius 3 is 2.10 bits per heavy atom. The molecule has 8 heteroatoms. The van der Waals surface area contributed by atoms with Crippen molar-refractivity contribution in [1.82, 2.24) is 24.5 Å². The quantitative estimate of drug-likeness (QED) is 0.106. The topological polar surface area (TPSA) is 69.6 Å². The Labute approximate surface area is 429 Å². The molecule has 70 heavy (non-hydrogen) atoms. The minimum absolute atomic E-state index is 0. The van der Waals surface area contributed by atoms with E-state index in [2.05, 4.69) is 217 Å². The van der Waals surface area contributed by atoms with E-state index in [-0.39, 0.29) is 25.5 Å². The summed E-state index contributed by atoms with van der Waals surface area (Å²) in [5, 5.41) is 3.47. The third-order valence-corrected chi connectivity index (χ3v) is 15.0. The monoisotopic (exact) mass is 1110 g/mol. The second-order valence-electron chi connectivity index (χ2n) is 21.3. The zero-order chi connectivity index (χ0) is 48.8. The van der Waals surface area contributed by atoms with Crippen LogP contribution in [0, 0.1) is 32.0 Å². The summed E-state index contributed by atoms with van der Waals surface area (Å²) >= 11 is 0. The third kappa shape index (κ3) is 10.4. The van der Waals surface area contributed by atoms with Crippen LogP contribution in [0.4, 0.5) is 0 Å². The number of hydrogen-bond acceptors (Lipinski definition) is 5. The van der Waals surface area contributed by atoms with Gasteiger partial charge in [-0.3, -0.25) is 9.97 Å². The van der Waals surface area contributed by atoms with Gasteiger partial charge in [-0.2, -0.15) is 0 Å². The van der Waals surface area contributed by atoms with Gasteiger partial charge in [0.05, 0.1) is 30.6 Å². The Bertz CT molecular complexity index is 3470. The normalized spacial score (nSPS) is 11.9. The van der Waals surface area contributed by atoms with Crippen molar-refractivity contribution in [3.05, 3.63) is 180 Å². The van der Waals surface area contributed by atoms with Gasteiger partial charge in [0.25, 0.3) is 0 Å². The summed E-state index contributed by atoms with van der Waals surface area (Å²) in [4.78, 5) is 19.5. The van der Waals surface area contributed by atoms with Crippen LogP contribution in [0.1, 0.15) is 82.5 Å². The van der Waals surface area contributed by atoms with Gasteiger partial charge in [-0.15, -0.1) is 41.5 Å². The maximum Gasteiger partial charge on any atom is 0.141 e. The molecule has 5 aromatic heterocycles. The molecule has 0 aliphatic heterocycles. The molecule has 0 unspecified atom stereocenters. The SMILES string of the molecule is CC(C)Cc1cc(-c2[c-]ccc(-c3ccccc3)c2)ncc1[Si](C)(C)C.Cc1cc2c(nc(-c3[c-]nc4oc5cc(C(C)C)ccc5c4c3)n2-c2ccc(C(C)(C)C)cc2-c2ccccc2)c(C)n1.[Ir]. The van der Waals surface area contributed by atoms with Crippen LogP contribution in [0.2, 0.25) is 19.6 Å². The fourth-order valence-electron chi connectivity index (χ4n) is 9.31. The van der Waals surface area contributed by atoms with Crippen LogP contribution >= 0.6 is 0 Å². The Morgan fingerprint density at radius 2 is 1.43 bits per heavy atom. The van der Waals surface area contributed by atoms with Gasteiger partial charge in [0.2, 0.25) is 0 Å². The molecule has 6 nitrogen and oxygen atoms in total. The number of aryl methyl sites for hydroxylation is 2. The second kappa shape index (κ2) is 20.2. The van der Waals surface area contributed by atoms with Gasteiger partial charge >= 0.3 is 0 Å². The van der Waals surface area contributed by atoms with Crippen molar-refractivity contribution in [3.8, 4) is 50.6 Å². The van der Waals surface area contributed by atoms with Crippen molar-refractivity contribution in [2.75, 3.05) is 0 Å². The van der Waals surface area contributed by atoms with Crippen molar-refractivity contribution in [2.45, 2.75) is 99.7 Å². The Morgan fingerprint density at radius 1 is 0.714 bits per heavy atom. The van der Waals surface area contributed by atoms with Crippen molar-refractivity contribution < 1.29 is 24.5 Å². The summed E-state index contributed by atoms with van der Waals surface area (Å²) in [5.41, 5.74) is 17.8. The first-order valence-corrected chi connectivity index (χ1v) is 27.8. The van der Waals surface area contributed by atoms with Crippen LogP contribution in [-0.4, -0.2) is 32.6 Å². The van der Waals surface area contributed by atoms with E-state index in [1.807, 2.05) is 26.0 Å². The van der Waals surface area contributed by atoms with E-state index in [0.717, 1.165) is 84.7 Å². The number of fused-ring (bicyclic) bond motifs is 4. The van der Waals surface area contributed by atoms with E-state index in [0.29, 0.717) is 17.5 Å². The second-order valence-corrected chi connectivity index (χ2v) is 26.3. The summed E-state index contributed by atoms with van der Waals surface area (Å²) in [7, 11) is -1.40. The first-order valence-electron chi connectivity index (χ1n) is 24.3. The van der Waals surface area contributed by atoms with Crippen LogP contribution in [0.5, 0.6) is 0 Å². The summed E-state index contributed by atoms with van der Waals surface area (Å²) in [6.45, 7) is 27.0. The van der Waals surface area contributed by atoms with Crippen LogP contribution in [0.3, 0.4) is 0 Å². The molecule has 0 bridgehead atoms. The van der Waals surface area contributed by atoms with Crippen molar-refractivity contribution >= 4 is 46.4 Å². The standard InChI is InChI=1S/C38H35N4O.C24H28NSi.Ir/c1-22(2)26-13-15-29-31-18-27(21-39-37(31)43-34(29)19-26)36-41-35-24(4)40-23(3)17-33(35)42(36)32-16-14-28(38(5,6)7)20-30(32)25-11-9-8-10-12-25;1-18(2)14-22-16-23(25-17-24(22)26(3,4)5)21-13-9-12-20(15-21)19-10-7-6-8-11-19;/h8-20,22H,1-7H3;6-12,15-18H,14H2,1-5H3;/q2*-1;. The predicted molar refractivity (Wildman–Crippen MR) is 291 cm³/mol. The number of nitrogens with zero attached hydrogens (tertiary/aromatic N) is 5. The first kappa shape index (κ1) is 50.1. The summed E-state index contributed by atoms with van der Waals surface area (Å²) in [5.74, 6) is 1.82. The molecular weight excluding hydrogens is 1050 g/mol. The van der Waals surface area contributed by atoms with Crippen LogP contribution in [0.25, 0.3) is 83.7 Å². The van der Waals surface area contributed by atoms with E-state index in [1.54, 1.807) is 0 Å². The fourth-order valence-corrected chi connectivity index (χ4v) is 10.9. The van der Waals surface area contributed by atoms with Gasteiger partial charge in [0.1, 0.15) is 11.3 Å². The number of aromatic nitrogens is 5. The average Bonchev–Trinajstić information content (AvgIpc) is 3.89. The van der Waals surface area contributed by atoms with E-state index in [1.165, 1.54) is 33.0 Å². The minimum atomic E-state index is -1.40. The first-order chi connectivity index (χ1) is 32.9. The molecule has 0 saturated carbocycles. The molecule has 357 valence electrons. The molecule has 5 heterocycles. The summed E-state index contributed by atoms with van der Waals surface area (Å²) in [6.07, 6.45) is 6.51. The number of rotatable bonds is 9. The maximum absolute atomic E-state index is 6.19. The number of furan rings is 1. The molecule has 1 radical (unpaired) electrons. The molecular formula is C62H63IrN5OSi-2. The molecule has 0 saturated heterocycles. The van der Waals surface area contributed by atoms with E-state index < -0.39 is 8.07 Å². The average molecular weight is 1110 g/mol. The summed E-state index contributed by atoms with van der Waals surface area (Å²) < 4.78 is 8.44. The molecule has 0 N–H and O–H groups in total.